The lowest BCUT2D eigenvalue weighted by Gasteiger charge is -2.28. The predicted molar refractivity (Wildman–Crippen MR) is 79.0 cm³/mol. The SMILES string of the molecule is CCn1nc(C)c(C(C)NCC2(OC)CCOC2)c1C. The Hall–Kier alpha value is -0.910. The molecular formula is C15H27N3O2. The second-order valence-corrected chi connectivity index (χ2v) is 5.69. The maximum Gasteiger partial charge on any atom is 0.106 e. The first-order chi connectivity index (χ1) is 9.53. The maximum absolute atomic E-state index is 5.66. The lowest BCUT2D eigenvalue weighted by molar-refractivity contribution is -0.0172. The summed E-state index contributed by atoms with van der Waals surface area (Å²) in [7, 11) is 1.77. The van der Waals surface area contributed by atoms with Gasteiger partial charge in [-0.05, 0) is 27.7 Å². The van der Waals surface area contributed by atoms with Crippen LogP contribution in [0.25, 0.3) is 0 Å². The molecule has 1 fully saturated rings. The van der Waals surface area contributed by atoms with E-state index in [2.05, 4.69) is 42.8 Å². The first kappa shape index (κ1) is 15.5. The quantitative estimate of drug-likeness (QED) is 0.866. The topological polar surface area (TPSA) is 48.3 Å². The Morgan fingerprint density at radius 2 is 2.25 bits per heavy atom. The van der Waals surface area contributed by atoms with Gasteiger partial charge in [0.15, 0.2) is 0 Å². The van der Waals surface area contributed by atoms with Crippen LogP contribution < -0.4 is 5.32 Å². The molecule has 5 nitrogen and oxygen atoms in total. The zero-order valence-corrected chi connectivity index (χ0v) is 13.3. The van der Waals surface area contributed by atoms with Crippen molar-refractivity contribution < 1.29 is 9.47 Å². The van der Waals surface area contributed by atoms with Gasteiger partial charge in [0.05, 0.1) is 12.3 Å². The third-order valence-electron chi connectivity index (χ3n) is 4.40. The first-order valence-electron chi connectivity index (χ1n) is 7.43. The van der Waals surface area contributed by atoms with Crippen molar-refractivity contribution in [2.45, 2.75) is 52.3 Å². The molecule has 2 unspecified atom stereocenters. The van der Waals surface area contributed by atoms with Crippen LogP contribution in [-0.2, 0) is 16.0 Å². The first-order valence-corrected chi connectivity index (χ1v) is 7.43. The summed E-state index contributed by atoms with van der Waals surface area (Å²) in [6.45, 7) is 11.7. The van der Waals surface area contributed by atoms with Crippen LogP contribution in [-0.4, -0.2) is 42.2 Å². The van der Waals surface area contributed by atoms with Crippen molar-refractivity contribution in [3.05, 3.63) is 17.0 Å². The standard InChI is InChI=1S/C15H27N3O2/c1-6-18-13(4)14(12(3)17-18)11(2)16-9-15(19-5)7-8-20-10-15/h11,16H,6-10H2,1-5H3. The molecule has 0 aliphatic carbocycles. The predicted octanol–water partition coefficient (Wildman–Crippen LogP) is 1.98. The van der Waals surface area contributed by atoms with Gasteiger partial charge >= 0.3 is 0 Å². The smallest absolute Gasteiger partial charge is 0.106 e. The highest BCUT2D eigenvalue weighted by Gasteiger charge is 2.35. The minimum atomic E-state index is -0.170. The van der Waals surface area contributed by atoms with Gasteiger partial charge in [-0.2, -0.15) is 5.10 Å². The second-order valence-electron chi connectivity index (χ2n) is 5.69. The molecule has 1 aromatic heterocycles. The fourth-order valence-corrected chi connectivity index (χ4v) is 3.05. The summed E-state index contributed by atoms with van der Waals surface area (Å²) < 4.78 is 13.2. The summed E-state index contributed by atoms with van der Waals surface area (Å²) in [5.41, 5.74) is 3.49. The zero-order valence-electron chi connectivity index (χ0n) is 13.3. The summed E-state index contributed by atoms with van der Waals surface area (Å²) in [6.07, 6.45) is 0.954. The molecule has 1 aliphatic rings. The molecule has 2 rings (SSSR count). The molecule has 114 valence electrons. The summed E-state index contributed by atoms with van der Waals surface area (Å²) in [4.78, 5) is 0. The summed E-state index contributed by atoms with van der Waals surface area (Å²) in [5.74, 6) is 0. The molecule has 0 amide bonds. The molecule has 2 atom stereocenters. The van der Waals surface area contributed by atoms with Crippen molar-refractivity contribution in [1.29, 1.82) is 0 Å². The van der Waals surface area contributed by atoms with Gasteiger partial charge in [0.25, 0.3) is 0 Å². The van der Waals surface area contributed by atoms with E-state index in [1.807, 2.05) is 0 Å². The molecule has 0 radical (unpaired) electrons. The zero-order chi connectivity index (χ0) is 14.8. The summed E-state index contributed by atoms with van der Waals surface area (Å²) in [6, 6.07) is 0.267. The van der Waals surface area contributed by atoms with Gasteiger partial charge in [-0.25, -0.2) is 0 Å². The van der Waals surface area contributed by atoms with Crippen molar-refractivity contribution >= 4 is 0 Å². The Bertz CT molecular complexity index is 450. The van der Waals surface area contributed by atoms with Gasteiger partial charge in [-0.1, -0.05) is 0 Å². The van der Waals surface area contributed by atoms with Gasteiger partial charge in [0, 0.05) is 50.5 Å². The fraction of sp³-hybridized carbons (Fsp3) is 0.800. The Morgan fingerprint density at radius 3 is 2.75 bits per heavy atom. The highest BCUT2D eigenvalue weighted by molar-refractivity contribution is 5.27. The maximum atomic E-state index is 5.66. The van der Waals surface area contributed by atoms with Crippen molar-refractivity contribution in [3.63, 3.8) is 0 Å². The molecule has 1 aromatic rings. The lowest BCUT2D eigenvalue weighted by atomic mass is 10.0. The van der Waals surface area contributed by atoms with Crippen molar-refractivity contribution in [1.82, 2.24) is 15.1 Å². The molecule has 1 N–H and O–H groups in total. The van der Waals surface area contributed by atoms with Gasteiger partial charge < -0.3 is 14.8 Å². The molecule has 1 saturated heterocycles. The molecular weight excluding hydrogens is 254 g/mol. The van der Waals surface area contributed by atoms with Crippen LogP contribution in [0.3, 0.4) is 0 Å². The van der Waals surface area contributed by atoms with Crippen molar-refractivity contribution in [2.24, 2.45) is 0 Å². The second kappa shape index (κ2) is 6.24. The number of hydrogen-bond donors (Lipinski definition) is 1. The highest BCUT2D eigenvalue weighted by atomic mass is 16.5. The number of aryl methyl sites for hydroxylation is 2. The fourth-order valence-electron chi connectivity index (χ4n) is 3.05. The molecule has 5 heteroatoms. The molecule has 1 aliphatic heterocycles. The van der Waals surface area contributed by atoms with E-state index in [0.29, 0.717) is 6.61 Å². The van der Waals surface area contributed by atoms with E-state index in [9.17, 15) is 0 Å². The van der Waals surface area contributed by atoms with E-state index in [4.69, 9.17) is 9.47 Å². The Labute approximate surface area is 121 Å². The van der Waals surface area contributed by atoms with Crippen LogP contribution in [0.2, 0.25) is 0 Å². The van der Waals surface area contributed by atoms with Crippen LogP contribution >= 0.6 is 0 Å². The Balaban J connectivity index is 2.05. The average Bonchev–Trinajstić information content (AvgIpc) is 3.02. The number of rotatable bonds is 6. The third-order valence-corrected chi connectivity index (χ3v) is 4.40. The highest BCUT2D eigenvalue weighted by Crippen LogP contribution is 2.25. The van der Waals surface area contributed by atoms with Gasteiger partial charge in [0.2, 0.25) is 0 Å². The summed E-state index contributed by atoms with van der Waals surface area (Å²) in [5, 5.41) is 8.18. The van der Waals surface area contributed by atoms with Gasteiger partial charge in [-0.15, -0.1) is 0 Å². The average molecular weight is 281 g/mol. The van der Waals surface area contributed by atoms with E-state index in [1.54, 1.807) is 7.11 Å². The van der Waals surface area contributed by atoms with Crippen molar-refractivity contribution in [2.75, 3.05) is 26.9 Å². The van der Waals surface area contributed by atoms with E-state index in [1.165, 1.54) is 11.3 Å². The van der Waals surface area contributed by atoms with Crippen LogP contribution in [0.1, 0.15) is 43.3 Å². The number of hydrogen-bond acceptors (Lipinski definition) is 4. The minimum absolute atomic E-state index is 0.170. The summed E-state index contributed by atoms with van der Waals surface area (Å²) >= 11 is 0. The van der Waals surface area contributed by atoms with E-state index in [0.717, 1.165) is 31.8 Å². The molecule has 0 aromatic carbocycles. The number of ether oxygens (including phenoxy) is 2. The minimum Gasteiger partial charge on any atom is -0.378 e. The molecule has 0 bridgehead atoms. The lowest BCUT2D eigenvalue weighted by Crippen LogP contribution is -2.43. The van der Waals surface area contributed by atoms with Crippen molar-refractivity contribution in [3.8, 4) is 0 Å². The number of methoxy groups -OCH3 is 1. The normalized spacial score (nSPS) is 24.2. The number of aromatic nitrogens is 2. The largest absolute Gasteiger partial charge is 0.378 e. The third kappa shape index (κ3) is 2.90. The van der Waals surface area contributed by atoms with Gasteiger partial charge in [-0.3, -0.25) is 4.68 Å². The van der Waals surface area contributed by atoms with Crippen LogP contribution in [0.5, 0.6) is 0 Å². The number of nitrogens with zero attached hydrogens (tertiary/aromatic N) is 2. The Kier molecular flexibility index (Phi) is 4.83. The molecule has 0 saturated carbocycles. The molecule has 20 heavy (non-hydrogen) atoms. The van der Waals surface area contributed by atoms with E-state index < -0.39 is 0 Å². The van der Waals surface area contributed by atoms with E-state index >= 15 is 0 Å². The monoisotopic (exact) mass is 281 g/mol. The molecule has 0 spiro atoms. The van der Waals surface area contributed by atoms with Crippen LogP contribution in [0.4, 0.5) is 0 Å². The van der Waals surface area contributed by atoms with Crippen LogP contribution in [0.15, 0.2) is 0 Å². The van der Waals surface area contributed by atoms with Crippen LogP contribution in [0, 0.1) is 13.8 Å². The van der Waals surface area contributed by atoms with Gasteiger partial charge in [0.1, 0.15) is 5.60 Å². The Morgan fingerprint density at radius 1 is 1.50 bits per heavy atom. The van der Waals surface area contributed by atoms with E-state index in [-0.39, 0.29) is 11.6 Å². The number of nitrogens with one attached hydrogen (secondary N) is 1. The molecule has 2 heterocycles.